The van der Waals surface area contributed by atoms with Crippen molar-refractivity contribution < 1.29 is 4.79 Å². The standard InChI is InChI=1S/C8H13ClN6O/c9-5-4-13-8(15-11)14-7(5)12-3-1-2-6(10)16/h4H,1-3,11H2,(H2,10,16)(H2,12,13,14,15). The number of halogens is 1. The van der Waals surface area contributed by atoms with Crippen molar-refractivity contribution in [3.05, 3.63) is 11.2 Å². The Hall–Kier alpha value is -1.60. The smallest absolute Gasteiger partial charge is 0.239 e. The molecular weight excluding hydrogens is 232 g/mol. The zero-order valence-electron chi connectivity index (χ0n) is 8.53. The molecule has 1 rings (SSSR count). The van der Waals surface area contributed by atoms with Crippen molar-refractivity contribution in [1.82, 2.24) is 9.97 Å². The molecule has 0 bridgehead atoms. The monoisotopic (exact) mass is 244 g/mol. The van der Waals surface area contributed by atoms with Crippen molar-refractivity contribution >= 4 is 29.3 Å². The predicted octanol–water partition coefficient (Wildman–Crippen LogP) is 0.0930. The fourth-order valence-electron chi connectivity index (χ4n) is 1.03. The average molecular weight is 245 g/mol. The van der Waals surface area contributed by atoms with E-state index in [0.717, 1.165) is 0 Å². The molecule has 7 nitrogen and oxygen atoms in total. The van der Waals surface area contributed by atoms with Gasteiger partial charge in [0.2, 0.25) is 11.9 Å². The number of hydrogen-bond donors (Lipinski definition) is 4. The van der Waals surface area contributed by atoms with Crippen LogP contribution in [0.5, 0.6) is 0 Å². The Morgan fingerprint density at radius 1 is 1.56 bits per heavy atom. The van der Waals surface area contributed by atoms with Gasteiger partial charge in [-0.3, -0.25) is 10.2 Å². The Kier molecular flexibility index (Phi) is 4.74. The first-order chi connectivity index (χ1) is 7.63. The van der Waals surface area contributed by atoms with Gasteiger partial charge in [-0.25, -0.2) is 10.8 Å². The highest BCUT2D eigenvalue weighted by molar-refractivity contribution is 6.32. The number of amides is 1. The first-order valence-corrected chi connectivity index (χ1v) is 5.02. The maximum atomic E-state index is 10.5. The number of anilines is 2. The first-order valence-electron chi connectivity index (χ1n) is 4.65. The highest BCUT2D eigenvalue weighted by Gasteiger charge is 2.04. The third-order valence-corrected chi connectivity index (χ3v) is 2.04. The van der Waals surface area contributed by atoms with E-state index in [1.807, 2.05) is 0 Å². The lowest BCUT2D eigenvalue weighted by Crippen LogP contribution is -2.14. The van der Waals surface area contributed by atoms with Crippen LogP contribution in [0.3, 0.4) is 0 Å². The van der Waals surface area contributed by atoms with Gasteiger partial charge in [0.1, 0.15) is 5.02 Å². The molecule has 1 heterocycles. The molecule has 0 saturated carbocycles. The Bertz CT molecular complexity index is 372. The molecule has 0 unspecified atom stereocenters. The van der Waals surface area contributed by atoms with Crippen LogP contribution in [0.1, 0.15) is 12.8 Å². The van der Waals surface area contributed by atoms with Crippen LogP contribution in [0.15, 0.2) is 6.20 Å². The molecule has 0 aromatic carbocycles. The quantitative estimate of drug-likeness (QED) is 0.320. The molecule has 0 saturated heterocycles. The molecule has 0 radical (unpaired) electrons. The number of carbonyl (C=O) groups is 1. The van der Waals surface area contributed by atoms with Gasteiger partial charge in [0.25, 0.3) is 0 Å². The van der Waals surface area contributed by atoms with E-state index >= 15 is 0 Å². The van der Waals surface area contributed by atoms with Gasteiger partial charge in [-0.2, -0.15) is 4.98 Å². The summed E-state index contributed by atoms with van der Waals surface area (Å²) in [6.45, 7) is 0.545. The Balaban J connectivity index is 2.49. The molecule has 6 N–H and O–H groups in total. The van der Waals surface area contributed by atoms with E-state index in [4.69, 9.17) is 23.2 Å². The largest absolute Gasteiger partial charge is 0.370 e. The second-order valence-electron chi connectivity index (χ2n) is 3.03. The van der Waals surface area contributed by atoms with Gasteiger partial charge in [0.15, 0.2) is 5.82 Å². The summed E-state index contributed by atoms with van der Waals surface area (Å²) in [7, 11) is 0. The molecule has 0 atom stereocenters. The minimum absolute atomic E-state index is 0.266. The van der Waals surface area contributed by atoms with Gasteiger partial charge in [-0.05, 0) is 6.42 Å². The summed E-state index contributed by atoms with van der Waals surface area (Å²) in [5.41, 5.74) is 7.31. The SMILES string of the molecule is NNc1ncc(Cl)c(NCCCC(N)=O)n1. The molecule has 88 valence electrons. The van der Waals surface area contributed by atoms with E-state index in [1.54, 1.807) is 0 Å². The molecular formula is C8H13ClN6O. The lowest BCUT2D eigenvalue weighted by Gasteiger charge is -2.07. The minimum Gasteiger partial charge on any atom is -0.370 e. The predicted molar refractivity (Wildman–Crippen MR) is 61.8 cm³/mol. The third-order valence-electron chi connectivity index (χ3n) is 1.77. The van der Waals surface area contributed by atoms with Gasteiger partial charge in [0.05, 0.1) is 6.20 Å². The van der Waals surface area contributed by atoms with Crippen molar-refractivity contribution in [3.8, 4) is 0 Å². The van der Waals surface area contributed by atoms with Crippen LogP contribution < -0.4 is 22.3 Å². The average Bonchev–Trinajstić information content (AvgIpc) is 2.26. The van der Waals surface area contributed by atoms with Crippen molar-refractivity contribution in [1.29, 1.82) is 0 Å². The summed E-state index contributed by atoms with van der Waals surface area (Å²) in [6.07, 6.45) is 2.36. The second kappa shape index (κ2) is 6.09. The maximum Gasteiger partial charge on any atom is 0.239 e. The van der Waals surface area contributed by atoms with E-state index in [9.17, 15) is 4.79 Å². The van der Waals surface area contributed by atoms with E-state index in [-0.39, 0.29) is 11.9 Å². The van der Waals surface area contributed by atoms with E-state index in [2.05, 4.69) is 20.7 Å². The number of nitrogens with two attached hydrogens (primary N) is 2. The number of aromatic nitrogens is 2. The summed E-state index contributed by atoms with van der Waals surface area (Å²) in [5.74, 6) is 5.56. The molecule has 1 aromatic rings. The van der Waals surface area contributed by atoms with Crippen molar-refractivity contribution in [2.75, 3.05) is 17.3 Å². The molecule has 16 heavy (non-hydrogen) atoms. The highest BCUT2D eigenvalue weighted by atomic mass is 35.5. The van der Waals surface area contributed by atoms with Crippen LogP contribution in [0.4, 0.5) is 11.8 Å². The van der Waals surface area contributed by atoms with Gasteiger partial charge in [-0.15, -0.1) is 0 Å². The van der Waals surface area contributed by atoms with E-state index in [0.29, 0.717) is 30.2 Å². The summed E-state index contributed by atoms with van der Waals surface area (Å²) < 4.78 is 0. The zero-order chi connectivity index (χ0) is 12.0. The number of rotatable bonds is 6. The number of nitrogen functional groups attached to an aromatic ring is 1. The van der Waals surface area contributed by atoms with Crippen LogP contribution in [-0.4, -0.2) is 22.4 Å². The van der Waals surface area contributed by atoms with Crippen molar-refractivity contribution in [2.45, 2.75) is 12.8 Å². The van der Waals surface area contributed by atoms with Crippen LogP contribution in [0.25, 0.3) is 0 Å². The second-order valence-corrected chi connectivity index (χ2v) is 3.44. The first kappa shape index (κ1) is 12.5. The summed E-state index contributed by atoms with van der Waals surface area (Å²) in [6, 6.07) is 0. The van der Waals surface area contributed by atoms with Crippen molar-refractivity contribution in [2.24, 2.45) is 11.6 Å². The van der Waals surface area contributed by atoms with Crippen LogP contribution >= 0.6 is 11.6 Å². The molecule has 0 aliphatic heterocycles. The Labute approximate surface area is 97.5 Å². The highest BCUT2D eigenvalue weighted by Crippen LogP contribution is 2.18. The molecule has 8 heteroatoms. The number of nitrogens with zero attached hydrogens (tertiary/aromatic N) is 2. The molecule has 1 aromatic heterocycles. The van der Waals surface area contributed by atoms with Gasteiger partial charge < -0.3 is 11.1 Å². The fraction of sp³-hybridized carbons (Fsp3) is 0.375. The van der Waals surface area contributed by atoms with Crippen LogP contribution in [0, 0.1) is 0 Å². The summed E-state index contributed by atoms with van der Waals surface area (Å²) in [5, 5.41) is 3.34. The molecule has 0 aliphatic rings. The Morgan fingerprint density at radius 2 is 2.31 bits per heavy atom. The minimum atomic E-state index is -0.333. The number of carbonyl (C=O) groups excluding carboxylic acids is 1. The number of hydrogen-bond acceptors (Lipinski definition) is 6. The van der Waals surface area contributed by atoms with Gasteiger partial charge in [0, 0.05) is 13.0 Å². The summed E-state index contributed by atoms with van der Waals surface area (Å²) >= 11 is 5.85. The van der Waals surface area contributed by atoms with Crippen LogP contribution in [-0.2, 0) is 4.79 Å². The maximum absolute atomic E-state index is 10.5. The number of hydrazine groups is 1. The number of nitrogens with one attached hydrogen (secondary N) is 2. The zero-order valence-corrected chi connectivity index (χ0v) is 9.29. The third kappa shape index (κ3) is 3.87. The molecule has 0 spiro atoms. The molecule has 0 aliphatic carbocycles. The molecule has 1 amide bonds. The Morgan fingerprint density at radius 3 is 2.94 bits per heavy atom. The lowest BCUT2D eigenvalue weighted by molar-refractivity contribution is -0.118. The lowest BCUT2D eigenvalue weighted by atomic mass is 10.3. The van der Waals surface area contributed by atoms with Gasteiger partial charge >= 0.3 is 0 Å². The topological polar surface area (TPSA) is 119 Å². The van der Waals surface area contributed by atoms with E-state index < -0.39 is 0 Å². The van der Waals surface area contributed by atoms with Crippen molar-refractivity contribution in [3.63, 3.8) is 0 Å². The number of primary amides is 1. The van der Waals surface area contributed by atoms with E-state index in [1.165, 1.54) is 6.20 Å². The van der Waals surface area contributed by atoms with Crippen LogP contribution in [0.2, 0.25) is 5.02 Å². The fourth-order valence-corrected chi connectivity index (χ4v) is 1.19. The normalized spacial score (nSPS) is 9.88. The summed E-state index contributed by atoms with van der Waals surface area (Å²) in [4.78, 5) is 18.3. The van der Waals surface area contributed by atoms with Gasteiger partial charge in [-0.1, -0.05) is 11.6 Å². The molecule has 0 fully saturated rings.